The van der Waals surface area contributed by atoms with Gasteiger partial charge in [0.2, 0.25) is 0 Å². The molecule has 4 nitrogen and oxygen atoms in total. The number of nitrogens with zero attached hydrogens (tertiary/aromatic N) is 1. The Labute approximate surface area is 144 Å². The van der Waals surface area contributed by atoms with E-state index in [1.54, 1.807) is 6.92 Å². The number of carbonyl (C=O) groups excluding carboxylic acids is 1. The number of carbonyl (C=O) groups is 1. The van der Waals surface area contributed by atoms with E-state index in [4.69, 9.17) is 9.26 Å². The van der Waals surface area contributed by atoms with Crippen LogP contribution in [0.25, 0.3) is 11.3 Å². The largest absolute Gasteiger partial charge is 0.465 e. The quantitative estimate of drug-likeness (QED) is 0.725. The van der Waals surface area contributed by atoms with Gasteiger partial charge in [-0.1, -0.05) is 52.8 Å². The molecule has 2 aromatic rings. The molecule has 24 heavy (non-hydrogen) atoms. The number of aromatic nitrogens is 1. The zero-order chi connectivity index (χ0) is 18.3. The molecule has 0 fully saturated rings. The van der Waals surface area contributed by atoms with Crippen LogP contribution in [-0.4, -0.2) is 18.2 Å². The lowest BCUT2D eigenvalue weighted by atomic mass is 9.79. The molecule has 0 amide bonds. The molecule has 0 aliphatic heterocycles. The normalized spacial score (nSPS) is 12.3. The van der Waals surface area contributed by atoms with Crippen molar-refractivity contribution in [3.8, 4) is 11.3 Å². The number of aryl methyl sites for hydroxylation is 1. The van der Waals surface area contributed by atoms with E-state index in [0.29, 0.717) is 17.0 Å². The standard InChI is InChI=1S/C20H27NO3/c1-12-16(18(22)23-8)17(21-24-12)13-9-14(19(2,3)4)11-15(10-13)20(5,6)7/h9-11H,1-8H3. The van der Waals surface area contributed by atoms with Crippen molar-refractivity contribution in [1.29, 1.82) is 0 Å². The molecule has 4 heteroatoms. The van der Waals surface area contributed by atoms with E-state index >= 15 is 0 Å². The molecule has 2 rings (SSSR count). The third-order valence-electron chi connectivity index (χ3n) is 4.19. The maximum Gasteiger partial charge on any atom is 0.343 e. The van der Waals surface area contributed by atoms with Gasteiger partial charge in [-0.25, -0.2) is 4.79 Å². The lowest BCUT2D eigenvalue weighted by Crippen LogP contribution is -2.16. The summed E-state index contributed by atoms with van der Waals surface area (Å²) in [4.78, 5) is 12.1. The van der Waals surface area contributed by atoms with Crippen LogP contribution in [0.5, 0.6) is 0 Å². The Morgan fingerprint density at radius 2 is 1.50 bits per heavy atom. The van der Waals surface area contributed by atoms with Gasteiger partial charge in [-0.2, -0.15) is 0 Å². The first-order valence-corrected chi connectivity index (χ1v) is 8.16. The summed E-state index contributed by atoms with van der Waals surface area (Å²) >= 11 is 0. The molecule has 1 heterocycles. The second-order valence-electron chi connectivity index (χ2n) is 8.25. The van der Waals surface area contributed by atoms with Crippen molar-refractivity contribution in [2.24, 2.45) is 0 Å². The van der Waals surface area contributed by atoms with E-state index in [1.165, 1.54) is 18.2 Å². The summed E-state index contributed by atoms with van der Waals surface area (Å²) < 4.78 is 10.2. The lowest BCUT2D eigenvalue weighted by molar-refractivity contribution is 0.0599. The number of rotatable bonds is 2. The number of hydrogen-bond acceptors (Lipinski definition) is 4. The number of ether oxygens (including phenoxy) is 1. The molecule has 0 aliphatic carbocycles. The molecule has 1 aromatic carbocycles. The topological polar surface area (TPSA) is 52.3 Å². The lowest BCUT2D eigenvalue weighted by Gasteiger charge is -2.26. The zero-order valence-electron chi connectivity index (χ0n) is 15.9. The van der Waals surface area contributed by atoms with Crippen LogP contribution in [0.1, 0.15) is 68.8 Å². The Hall–Kier alpha value is -2.10. The van der Waals surface area contributed by atoms with Crippen molar-refractivity contribution in [2.45, 2.75) is 59.3 Å². The molecular weight excluding hydrogens is 302 g/mol. The summed E-state index contributed by atoms with van der Waals surface area (Å²) in [5, 5.41) is 4.13. The summed E-state index contributed by atoms with van der Waals surface area (Å²) in [6, 6.07) is 6.40. The highest BCUT2D eigenvalue weighted by Gasteiger charge is 2.26. The summed E-state index contributed by atoms with van der Waals surface area (Å²) in [6.07, 6.45) is 0. The van der Waals surface area contributed by atoms with Crippen LogP contribution in [-0.2, 0) is 15.6 Å². The van der Waals surface area contributed by atoms with Gasteiger partial charge in [-0.15, -0.1) is 0 Å². The van der Waals surface area contributed by atoms with Gasteiger partial charge in [-0.05, 0) is 41.0 Å². The van der Waals surface area contributed by atoms with Crippen LogP contribution in [0.15, 0.2) is 22.7 Å². The molecule has 0 spiro atoms. The van der Waals surface area contributed by atoms with Crippen LogP contribution in [0, 0.1) is 6.92 Å². The fraction of sp³-hybridized carbons (Fsp3) is 0.500. The highest BCUT2D eigenvalue weighted by molar-refractivity contribution is 5.97. The van der Waals surface area contributed by atoms with E-state index in [-0.39, 0.29) is 10.8 Å². The minimum Gasteiger partial charge on any atom is -0.465 e. The first-order valence-electron chi connectivity index (χ1n) is 8.16. The van der Waals surface area contributed by atoms with Crippen molar-refractivity contribution in [3.63, 3.8) is 0 Å². The highest BCUT2D eigenvalue weighted by Crippen LogP contribution is 2.35. The van der Waals surface area contributed by atoms with Crippen LogP contribution >= 0.6 is 0 Å². The van der Waals surface area contributed by atoms with Crippen molar-refractivity contribution >= 4 is 5.97 Å². The van der Waals surface area contributed by atoms with Gasteiger partial charge in [0.1, 0.15) is 17.0 Å². The average molecular weight is 329 g/mol. The molecular formula is C20H27NO3. The first kappa shape index (κ1) is 18.2. The monoisotopic (exact) mass is 329 g/mol. The molecule has 0 atom stereocenters. The van der Waals surface area contributed by atoms with E-state index in [2.05, 4.69) is 64.9 Å². The fourth-order valence-electron chi connectivity index (χ4n) is 2.54. The minimum atomic E-state index is -0.428. The number of esters is 1. The zero-order valence-corrected chi connectivity index (χ0v) is 15.9. The van der Waals surface area contributed by atoms with Gasteiger partial charge in [0, 0.05) is 5.56 Å². The van der Waals surface area contributed by atoms with Crippen LogP contribution < -0.4 is 0 Å². The van der Waals surface area contributed by atoms with Gasteiger partial charge < -0.3 is 9.26 Å². The first-order chi connectivity index (χ1) is 10.9. The maximum absolute atomic E-state index is 12.1. The SMILES string of the molecule is COC(=O)c1c(-c2cc(C(C)(C)C)cc(C(C)(C)C)c2)noc1C. The molecule has 0 radical (unpaired) electrons. The summed E-state index contributed by atoms with van der Waals surface area (Å²) in [5.74, 6) is 0.0394. The van der Waals surface area contributed by atoms with Crippen LogP contribution in [0.4, 0.5) is 0 Å². The van der Waals surface area contributed by atoms with Crippen molar-refractivity contribution in [1.82, 2.24) is 5.16 Å². The third-order valence-corrected chi connectivity index (χ3v) is 4.19. The Kier molecular flexibility index (Phi) is 4.62. The van der Waals surface area contributed by atoms with Gasteiger partial charge in [0.15, 0.2) is 0 Å². The molecule has 130 valence electrons. The summed E-state index contributed by atoms with van der Waals surface area (Å²) in [5.41, 5.74) is 4.17. The third kappa shape index (κ3) is 3.53. The molecule has 0 N–H and O–H groups in total. The summed E-state index contributed by atoms with van der Waals surface area (Å²) in [7, 11) is 1.37. The molecule has 0 saturated heterocycles. The Morgan fingerprint density at radius 1 is 1.00 bits per heavy atom. The number of benzene rings is 1. The predicted octanol–water partition coefficient (Wildman–Crippen LogP) is 5.03. The molecule has 1 aromatic heterocycles. The average Bonchev–Trinajstić information content (AvgIpc) is 2.86. The fourth-order valence-corrected chi connectivity index (χ4v) is 2.54. The van der Waals surface area contributed by atoms with Crippen molar-refractivity contribution in [3.05, 3.63) is 40.6 Å². The minimum absolute atomic E-state index is 0.0137. The Balaban J connectivity index is 2.74. The second-order valence-corrected chi connectivity index (χ2v) is 8.25. The van der Waals surface area contributed by atoms with Crippen molar-refractivity contribution in [2.75, 3.05) is 7.11 Å². The summed E-state index contributed by atoms with van der Waals surface area (Å²) in [6.45, 7) is 14.8. The Bertz CT molecular complexity index is 726. The van der Waals surface area contributed by atoms with Crippen LogP contribution in [0.2, 0.25) is 0 Å². The number of hydrogen-bond donors (Lipinski definition) is 0. The Morgan fingerprint density at radius 3 is 1.92 bits per heavy atom. The predicted molar refractivity (Wildman–Crippen MR) is 95.4 cm³/mol. The van der Waals surface area contributed by atoms with Gasteiger partial charge in [0.25, 0.3) is 0 Å². The van der Waals surface area contributed by atoms with E-state index < -0.39 is 5.97 Å². The smallest absolute Gasteiger partial charge is 0.343 e. The second kappa shape index (κ2) is 6.08. The molecule has 0 aliphatic rings. The van der Waals surface area contributed by atoms with Gasteiger partial charge >= 0.3 is 5.97 Å². The molecule has 0 saturated carbocycles. The van der Waals surface area contributed by atoms with Gasteiger partial charge in [-0.3, -0.25) is 0 Å². The molecule has 0 unspecified atom stereocenters. The van der Waals surface area contributed by atoms with E-state index in [9.17, 15) is 4.79 Å². The molecule has 0 bridgehead atoms. The maximum atomic E-state index is 12.1. The van der Waals surface area contributed by atoms with Crippen molar-refractivity contribution < 1.29 is 14.1 Å². The highest BCUT2D eigenvalue weighted by atomic mass is 16.5. The number of methoxy groups -OCH3 is 1. The van der Waals surface area contributed by atoms with E-state index in [1.807, 2.05) is 0 Å². The van der Waals surface area contributed by atoms with Gasteiger partial charge in [0.05, 0.1) is 7.11 Å². The van der Waals surface area contributed by atoms with Crippen LogP contribution in [0.3, 0.4) is 0 Å². The van der Waals surface area contributed by atoms with E-state index in [0.717, 1.165) is 5.56 Å².